The number of nitrogens with zero attached hydrogens (tertiary/aromatic N) is 3. The number of carbonyl (C=O) groups excluding carboxylic acids is 1. The second-order valence-corrected chi connectivity index (χ2v) is 6.88. The van der Waals surface area contributed by atoms with Gasteiger partial charge in [0.15, 0.2) is 0 Å². The molecule has 0 saturated carbocycles. The maximum absolute atomic E-state index is 12.6. The van der Waals surface area contributed by atoms with Gasteiger partial charge in [0.2, 0.25) is 11.8 Å². The monoisotopic (exact) mass is 364 g/mol. The molecule has 2 aromatic heterocycles. The van der Waals surface area contributed by atoms with Gasteiger partial charge in [0, 0.05) is 43.5 Å². The maximum atomic E-state index is 12.6. The Morgan fingerprint density at radius 2 is 2.00 bits per heavy atom. The molecule has 3 aromatic rings. The number of hydrogen-bond donors (Lipinski definition) is 1. The molecule has 1 aliphatic heterocycles. The van der Waals surface area contributed by atoms with E-state index in [-0.39, 0.29) is 5.91 Å². The predicted molar refractivity (Wildman–Crippen MR) is 105 cm³/mol. The summed E-state index contributed by atoms with van der Waals surface area (Å²) in [6, 6.07) is 11.6. The Kier molecular flexibility index (Phi) is 5.07. The largest absolute Gasteiger partial charge is 0.438 e. The smallest absolute Gasteiger partial charge is 0.242 e. The van der Waals surface area contributed by atoms with E-state index in [2.05, 4.69) is 4.98 Å². The van der Waals surface area contributed by atoms with Crippen molar-refractivity contribution in [3.63, 3.8) is 0 Å². The van der Waals surface area contributed by atoms with Crippen molar-refractivity contribution in [3.8, 4) is 11.6 Å². The number of nitrogens with two attached hydrogens (primary N) is 1. The first kappa shape index (κ1) is 17.5. The third-order valence-electron chi connectivity index (χ3n) is 5.04. The van der Waals surface area contributed by atoms with Gasteiger partial charge in [-0.3, -0.25) is 4.79 Å². The maximum Gasteiger partial charge on any atom is 0.242 e. The molecule has 0 unspecified atom stereocenters. The van der Waals surface area contributed by atoms with Gasteiger partial charge in [-0.2, -0.15) is 0 Å². The van der Waals surface area contributed by atoms with Crippen molar-refractivity contribution in [2.75, 3.05) is 13.1 Å². The lowest BCUT2D eigenvalue weighted by molar-refractivity contribution is -0.132. The second kappa shape index (κ2) is 7.80. The molecular formula is C21H24N4O2. The number of carbonyl (C=O) groups is 1. The molecule has 1 saturated heterocycles. The SMILES string of the molecule is NCc1ccnc(Oc2cccc3c2ccn3CC(=O)N2CCCCC2)c1. The molecule has 4 rings (SSSR count). The quantitative estimate of drug-likeness (QED) is 0.754. The molecule has 0 spiro atoms. The highest BCUT2D eigenvalue weighted by molar-refractivity contribution is 5.88. The summed E-state index contributed by atoms with van der Waals surface area (Å²) in [6.45, 7) is 2.54. The summed E-state index contributed by atoms with van der Waals surface area (Å²) < 4.78 is 7.98. The van der Waals surface area contributed by atoms with Crippen LogP contribution in [-0.4, -0.2) is 33.4 Å². The van der Waals surface area contributed by atoms with Crippen molar-refractivity contribution >= 4 is 16.8 Å². The first-order valence-electron chi connectivity index (χ1n) is 9.43. The lowest BCUT2D eigenvalue weighted by Gasteiger charge is -2.27. The Morgan fingerprint density at radius 1 is 1.15 bits per heavy atom. The molecule has 6 heteroatoms. The van der Waals surface area contributed by atoms with Gasteiger partial charge in [0.1, 0.15) is 12.3 Å². The number of aromatic nitrogens is 2. The van der Waals surface area contributed by atoms with Crippen LogP contribution in [0.2, 0.25) is 0 Å². The minimum Gasteiger partial charge on any atom is -0.438 e. The summed E-state index contributed by atoms with van der Waals surface area (Å²) in [5.41, 5.74) is 7.64. The number of amides is 1. The Labute approximate surface area is 158 Å². The number of rotatable bonds is 5. The second-order valence-electron chi connectivity index (χ2n) is 6.88. The van der Waals surface area contributed by atoms with Crippen LogP contribution in [0.3, 0.4) is 0 Å². The molecule has 0 aliphatic carbocycles. The van der Waals surface area contributed by atoms with Gasteiger partial charge in [-0.25, -0.2) is 4.98 Å². The van der Waals surface area contributed by atoms with Gasteiger partial charge in [0.25, 0.3) is 0 Å². The third kappa shape index (κ3) is 3.80. The molecule has 1 amide bonds. The van der Waals surface area contributed by atoms with Crippen LogP contribution in [-0.2, 0) is 17.9 Å². The van der Waals surface area contributed by atoms with Gasteiger partial charge >= 0.3 is 0 Å². The summed E-state index contributed by atoms with van der Waals surface area (Å²) >= 11 is 0. The molecule has 0 bridgehead atoms. The fraction of sp³-hybridized carbons (Fsp3) is 0.333. The topological polar surface area (TPSA) is 73.4 Å². The average molecular weight is 364 g/mol. The van der Waals surface area contributed by atoms with E-state index in [1.54, 1.807) is 6.20 Å². The lowest BCUT2D eigenvalue weighted by Crippen LogP contribution is -2.37. The number of piperidine rings is 1. The molecule has 0 atom stereocenters. The van der Waals surface area contributed by atoms with Crippen molar-refractivity contribution in [2.24, 2.45) is 5.73 Å². The molecule has 3 heterocycles. The van der Waals surface area contributed by atoms with E-state index in [0.29, 0.717) is 19.0 Å². The number of pyridine rings is 1. The number of benzene rings is 1. The van der Waals surface area contributed by atoms with Crippen LogP contribution >= 0.6 is 0 Å². The van der Waals surface area contributed by atoms with Gasteiger partial charge in [0.05, 0.1) is 5.52 Å². The summed E-state index contributed by atoms with van der Waals surface area (Å²) in [5, 5.41) is 0.962. The third-order valence-corrected chi connectivity index (χ3v) is 5.04. The van der Waals surface area contributed by atoms with Crippen LogP contribution in [0.5, 0.6) is 11.6 Å². The van der Waals surface area contributed by atoms with Gasteiger partial charge < -0.3 is 19.9 Å². The van der Waals surface area contributed by atoms with E-state index in [4.69, 9.17) is 10.5 Å². The molecule has 1 fully saturated rings. The minimum atomic E-state index is 0.177. The van der Waals surface area contributed by atoms with E-state index in [9.17, 15) is 4.79 Å². The van der Waals surface area contributed by atoms with Crippen molar-refractivity contribution in [2.45, 2.75) is 32.4 Å². The molecular weight excluding hydrogens is 340 g/mol. The molecule has 1 aliphatic rings. The highest BCUT2D eigenvalue weighted by atomic mass is 16.5. The van der Waals surface area contributed by atoms with Crippen molar-refractivity contribution < 1.29 is 9.53 Å². The van der Waals surface area contributed by atoms with E-state index in [0.717, 1.165) is 48.1 Å². The van der Waals surface area contributed by atoms with E-state index >= 15 is 0 Å². The number of hydrogen-bond acceptors (Lipinski definition) is 4. The number of ether oxygens (including phenoxy) is 1. The Balaban J connectivity index is 1.56. The van der Waals surface area contributed by atoms with Crippen LogP contribution in [0.25, 0.3) is 10.9 Å². The van der Waals surface area contributed by atoms with E-state index in [1.165, 1.54) is 6.42 Å². The summed E-state index contributed by atoms with van der Waals surface area (Å²) in [5.74, 6) is 1.41. The van der Waals surface area contributed by atoms with E-state index < -0.39 is 0 Å². The van der Waals surface area contributed by atoms with Crippen molar-refractivity contribution in [3.05, 3.63) is 54.4 Å². The highest BCUT2D eigenvalue weighted by Gasteiger charge is 2.18. The fourth-order valence-electron chi connectivity index (χ4n) is 3.56. The van der Waals surface area contributed by atoms with Gasteiger partial charge in [-0.15, -0.1) is 0 Å². The van der Waals surface area contributed by atoms with Gasteiger partial charge in [-0.05, 0) is 49.1 Å². The Bertz CT molecular complexity index is 944. The zero-order chi connectivity index (χ0) is 18.6. The van der Waals surface area contributed by atoms with Crippen LogP contribution in [0.15, 0.2) is 48.8 Å². The van der Waals surface area contributed by atoms with Crippen molar-refractivity contribution in [1.82, 2.24) is 14.5 Å². The van der Waals surface area contributed by atoms with Crippen LogP contribution in [0.4, 0.5) is 0 Å². The normalized spacial score (nSPS) is 14.5. The minimum absolute atomic E-state index is 0.177. The molecule has 27 heavy (non-hydrogen) atoms. The zero-order valence-electron chi connectivity index (χ0n) is 15.3. The lowest BCUT2D eigenvalue weighted by atomic mass is 10.1. The molecule has 6 nitrogen and oxygen atoms in total. The van der Waals surface area contributed by atoms with Gasteiger partial charge in [-0.1, -0.05) is 6.07 Å². The fourth-order valence-corrected chi connectivity index (χ4v) is 3.56. The Morgan fingerprint density at radius 3 is 2.81 bits per heavy atom. The highest BCUT2D eigenvalue weighted by Crippen LogP contribution is 2.30. The molecule has 0 radical (unpaired) electrons. The number of fused-ring (bicyclic) bond motifs is 1. The summed E-state index contributed by atoms with van der Waals surface area (Å²) in [7, 11) is 0. The molecule has 1 aromatic carbocycles. The zero-order valence-corrected chi connectivity index (χ0v) is 15.3. The van der Waals surface area contributed by atoms with Crippen LogP contribution < -0.4 is 10.5 Å². The van der Waals surface area contributed by atoms with Crippen molar-refractivity contribution in [1.29, 1.82) is 0 Å². The predicted octanol–water partition coefficient (Wildman–Crippen LogP) is 3.30. The summed E-state index contributed by atoms with van der Waals surface area (Å²) in [6.07, 6.45) is 7.07. The van der Waals surface area contributed by atoms with Crippen LogP contribution in [0.1, 0.15) is 24.8 Å². The first-order chi connectivity index (χ1) is 13.2. The Hall–Kier alpha value is -2.86. The molecule has 140 valence electrons. The first-order valence-corrected chi connectivity index (χ1v) is 9.43. The standard InChI is InChI=1S/C21H24N4O2/c22-14-16-7-9-23-20(13-16)27-19-6-4-5-18-17(19)8-12-25(18)15-21(26)24-10-2-1-3-11-24/h4-9,12-13H,1-3,10-11,14-15,22H2. The molecule has 2 N–H and O–H groups in total. The average Bonchev–Trinajstić information content (AvgIpc) is 3.13. The van der Waals surface area contributed by atoms with Crippen LogP contribution in [0, 0.1) is 0 Å². The number of likely N-dealkylation sites (tertiary alicyclic amines) is 1. The summed E-state index contributed by atoms with van der Waals surface area (Å²) in [4.78, 5) is 18.8. The van der Waals surface area contributed by atoms with E-state index in [1.807, 2.05) is 52.1 Å².